The zero-order chi connectivity index (χ0) is 12.3. The highest BCUT2D eigenvalue weighted by Crippen LogP contribution is 2.21. The summed E-state index contributed by atoms with van der Waals surface area (Å²) in [4.78, 5) is 1.18. The van der Waals surface area contributed by atoms with Crippen molar-refractivity contribution in [2.45, 2.75) is 19.5 Å². The van der Waals surface area contributed by atoms with Crippen molar-refractivity contribution in [1.82, 2.24) is 5.32 Å². The number of thiophene rings is 1. The van der Waals surface area contributed by atoms with E-state index in [1.165, 1.54) is 10.4 Å². The zero-order valence-corrected chi connectivity index (χ0v) is 11.2. The van der Waals surface area contributed by atoms with Gasteiger partial charge in [-0.05, 0) is 36.1 Å². The van der Waals surface area contributed by atoms with Gasteiger partial charge in [0.1, 0.15) is 0 Å². The molecule has 0 bridgehead atoms. The van der Waals surface area contributed by atoms with Crippen molar-refractivity contribution >= 4 is 28.6 Å². The number of halogens is 1. The topological polar surface area (TPSA) is 38.0 Å². The molecule has 0 amide bonds. The number of nitrogens with two attached hydrogens (primary N) is 1. The molecule has 2 aromatic rings. The predicted octanol–water partition coefficient (Wildman–Crippen LogP) is 3.83. The first-order chi connectivity index (χ1) is 8.16. The molecule has 1 aromatic heterocycles. The Morgan fingerprint density at radius 2 is 2.24 bits per heavy atom. The lowest BCUT2D eigenvalue weighted by Gasteiger charge is -2.14. The summed E-state index contributed by atoms with van der Waals surface area (Å²) < 4.78 is 0. The molecule has 0 saturated carbocycles. The van der Waals surface area contributed by atoms with Crippen molar-refractivity contribution in [3.63, 3.8) is 0 Å². The number of nitrogen functional groups attached to an aromatic ring is 1. The summed E-state index contributed by atoms with van der Waals surface area (Å²) in [6, 6.07) is 10.1. The van der Waals surface area contributed by atoms with Gasteiger partial charge in [0, 0.05) is 28.2 Å². The molecule has 0 fully saturated rings. The van der Waals surface area contributed by atoms with Crippen LogP contribution in [0.4, 0.5) is 5.69 Å². The normalized spacial score (nSPS) is 12.6. The van der Waals surface area contributed by atoms with Crippen molar-refractivity contribution in [3.8, 4) is 0 Å². The number of nitrogens with one attached hydrogen (secondary N) is 1. The van der Waals surface area contributed by atoms with Crippen molar-refractivity contribution in [1.29, 1.82) is 0 Å². The second-order valence-electron chi connectivity index (χ2n) is 3.96. The van der Waals surface area contributed by atoms with Gasteiger partial charge in [-0.25, -0.2) is 0 Å². The highest BCUT2D eigenvalue weighted by Gasteiger charge is 2.07. The van der Waals surface area contributed by atoms with Crippen LogP contribution in [-0.2, 0) is 6.54 Å². The quantitative estimate of drug-likeness (QED) is 0.883. The number of anilines is 1. The summed E-state index contributed by atoms with van der Waals surface area (Å²) in [7, 11) is 0. The Bertz CT molecular complexity index is 496. The minimum atomic E-state index is 0.259. The van der Waals surface area contributed by atoms with Crippen LogP contribution in [0, 0.1) is 0 Å². The molecule has 0 aliphatic heterocycles. The summed E-state index contributed by atoms with van der Waals surface area (Å²) in [5.41, 5.74) is 7.89. The molecule has 2 rings (SSSR count). The first-order valence-electron chi connectivity index (χ1n) is 5.47. The molecule has 4 heteroatoms. The van der Waals surface area contributed by atoms with Crippen molar-refractivity contribution < 1.29 is 0 Å². The summed E-state index contributed by atoms with van der Waals surface area (Å²) >= 11 is 7.64. The van der Waals surface area contributed by atoms with Gasteiger partial charge in [0.15, 0.2) is 0 Å². The van der Waals surface area contributed by atoms with Gasteiger partial charge in [-0.15, -0.1) is 11.3 Å². The SMILES string of the molecule is C[C@H](NCc1sccc1N)c1cccc(Cl)c1. The van der Waals surface area contributed by atoms with Gasteiger partial charge in [0.2, 0.25) is 0 Å². The van der Waals surface area contributed by atoms with Crippen LogP contribution in [0.15, 0.2) is 35.7 Å². The molecule has 90 valence electrons. The van der Waals surface area contributed by atoms with Crippen LogP contribution in [-0.4, -0.2) is 0 Å². The van der Waals surface area contributed by atoms with Crippen LogP contribution in [0.5, 0.6) is 0 Å². The largest absolute Gasteiger partial charge is 0.398 e. The molecule has 2 nitrogen and oxygen atoms in total. The van der Waals surface area contributed by atoms with E-state index >= 15 is 0 Å². The van der Waals surface area contributed by atoms with Crippen LogP contribution in [0.2, 0.25) is 5.02 Å². The van der Waals surface area contributed by atoms with Gasteiger partial charge < -0.3 is 11.1 Å². The van der Waals surface area contributed by atoms with E-state index < -0.39 is 0 Å². The predicted molar refractivity (Wildman–Crippen MR) is 75.4 cm³/mol. The maximum Gasteiger partial charge on any atom is 0.0468 e. The molecule has 0 aliphatic carbocycles. The van der Waals surface area contributed by atoms with Crippen LogP contribution in [0.3, 0.4) is 0 Å². The lowest BCUT2D eigenvalue weighted by molar-refractivity contribution is 0.579. The molecule has 17 heavy (non-hydrogen) atoms. The highest BCUT2D eigenvalue weighted by atomic mass is 35.5. The third-order valence-electron chi connectivity index (χ3n) is 2.70. The standard InChI is InChI=1S/C13H15ClN2S/c1-9(10-3-2-4-11(14)7-10)16-8-13-12(15)5-6-17-13/h2-7,9,16H,8,15H2,1H3/t9-/m0/s1. The molecule has 0 spiro atoms. The minimum absolute atomic E-state index is 0.259. The molecule has 3 N–H and O–H groups in total. The van der Waals surface area contributed by atoms with Crippen molar-refractivity contribution in [2.24, 2.45) is 0 Å². The second kappa shape index (κ2) is 5.54. The third kappa shape index (κ3) is 3.22. The van der Waals surface area contributed by atoms with E-state index in [9.17, 15) is 0 Å². The smallest absolute Gasteiger partial charge is 0.0468 e. The Morgan fingerprint density at radius 3 is 2.88 bits per heavy atom. The average molecular weight is 267 g/mol. The Labute approximate surface area is 110 Å². The maximum atomic E-state index is 5.97. The van der Waals surface area contributed by atoms with E-state index in [0.29, 0.717) is 0 Å². The second-order valence-corrected chi connectivity index (χ2v) is 5.39. The Morgan fingerprint density at radius 1 is 1.41 bits per heavy atom. The van der Waals surface area contributed by atoms with E-state index in [4.69, 9.17) is 17.3 Å². The number of rotatable bonds is 4. The molecule has 0 aliphatic rings. The first kappa shape index (κ1) is 12.4. The number of benzene rings is 1. The summed E-state index contributed by atoms with van der Waals surface area (Å²) in [6.45, 7) is 2.91. The van der Waals surface area contributed by atoms with Crippen LogP contribution in [0.1, 0.15) is 23.4 Å². The first-order valence-corrected chi connectivity index (χ1v) is 6.73. The van der Waals surface area contributed by atoms with E-state index in [2.05, 4.69) is 18.3 Å². The number of hydrogen-bond acceptors (Lipinski definition) is 3. The van der Waals surface area contributed by atoms with Crippen molar-refractivity contribution in [2.75, 3.05) is 5.73 Å². The van der Waals surface area contributed by atoms with Crippen LogP contribution < -0.4 is 11.1 Å². The summed E-state index contributed by atoms with van der Waals surface area (Å²) in [5.74, 6) is 0. The third-order valence-corrected chi connectivity index (χ3v) is 3.87. The average Bonchev–Trinajstić information content (AvgIpc) is 2.72. The molecule has 0 radical (unpaired) electrons. The fourth-order valence-corrected chi connectivity index (χ4v) is 2.58. The molecule has 0 unspecified atom stereocenters. The summed E-state index contributed by atoms with van der Waals surface area (Å²) in [5, 5.41) is 6.22. The van der Waals surface area contributed by atoms with Crippen molar-refractivity contribution in [3.05, 3.63) is 51.2 Å². The summed E-state index contributed by atoms with van der Waals surface area (Å²) in [6.07, 6.45) is 0. The van der Waals surface area contributed by atoms with Gasteiger partial charge >= 0.3 is 0 Å². The van der Waals surface area contributed by atoms with Gasteiger partial charge in [0.05, 0.1) is 0 Å². The monoisotopic (exact) mass is 266 g/mol. The van der Waals surface area contributed by atoms with E-state index in [-0.39, 0.29) is 6.04 Å². The van der Waals surface area contributed by atoms with Gasteiger partial charge in [-0.2, -0.15) is 0 Å². The Hall–Kier alpha value is -1.03. The van der Waals surface area contributed by atoms with E-state index in [1.54, 1.807) is 11.3 Å². The minimum Gasteiger partial charge on any atom is -0.398 e. The fourth-order valence-electron chi connectivity index (χ4n) is 1.63. The van der Waals surface area contributed by atoms with Crippen LogP contribution in [0.25, 0.3) is 0 Å². The molecular weight excluding hydrogens is 252 g/mol. The number of hydrogen-bond donors (Lipinski definition) is 2. The van der Waals surface area contributed by atoms with E-state index in [1.807, 2.05) is 29.6 Å². The Balaban J connectivity index is 1.98. The highest BCUT2D eigenvalue weighted by molar-refractivity contribution is 7.10. The molecule has 1 aromatic carbocycles. The van der Waals surface area contributed by atoms with E-state index in [0.717, 1.165) is 17.3 Å². The van der Waals surface area contributed by atoms with Gasteiger partial charge in [0.25, 0.3) is 0 Å². The molecule has 0 saturated heterocycles. The lowest BCUT2D eigenvalue weighted by Crippen LogP contribution is -2.17. The molecular formula is C13H15ClN2S. The van der Waals surface area contributed by atoms with Gasteiger partial charge in [-0.1, -0.05) is 23.7 Å². The fraction of sp³-hybridized carbons (Fsp3) is 0.231. The van der Waals surface area contributed by atoms with Gasteiger partial charge in [-0.3, -0.25) is 0 Å². The zero-order valence-electron chi connectivity index (χ0n) is 9.61. The maximum absolute atomic E-state index is 5.97. The molecule has 1 heterocycles. The Kier molecular flexibility index (Phi) is 4.05. The lowest BCUT2D eigenvalue weighted by atomic mass is 10.1. The molecule has 1 atom stereocenters. The van der Waals surface area contributed by atoms with Crippen LogP contribution >= 0.6 is 22.9 Å².